The Kier molecular flexibility index (Phi) is 3.63. The highest BCUT2D eigenvalue weighted by Crippen LogP contribution is 2.13. The molecule has 104 valence electrons. The van der Waals surface area contributed by atoms with Gasteiger partial charge in [-0.2, -0.15) is 0 Å². The van der Waals surface area contributed by atoms with Crippen molar-refractivity contribution in [2.45, 2.75) is 4.90 Å². The number of rotatable bonds is 3. The summed E-state index contributed by atoms with van der Waals surface area (Å²) in [6, 6.07) is 8.30. The van der Waals surface area contributed by atoms with E-state index in [0.29, 0.717) is 5.69 Å². The summed E-state index contributed by atoms with van der Waals surface area (Å²) in [6.45, 7) is 0. The van der Waals surface area contributed by atoms with Crippen molar-refractivity contribution in [3.05, 3.63) is 42.1 Å². The summed E-state index contributed by atoms with van der Waals surface area (Å²) in [4.78, 5) is 11.8. The maximum absolute atomic E-state index is 11.8. The van der Waals surface area contributed by atoms with Gasteiger partial charge in [-0.05, 0) is 36.4 Å². The topological polar surface area (TPSA) is 141 Å². The number of hydrogen-bond donors (Lipinski definition) is 3. The Morgan fingerprint density at radius 2 is 1.70 bits per heavy atom. The van der Waals surface area contributed by atoms with Crippen LogP contribution in [-0.4, -0.2) is 24.5 Å². The van der Waals surface area contributed by atoms with E-state index in [-0.39, 0.29) is 16.4 Å². The van der Waals surface area contributed by atoms with Crippen molar-refractivity contribution < 1.29 is 13.2 Å². The number of nitrogens with one attached hydrogen (secondary N) is 1. The van der Waals surface area contributed by atoms with Crippen LogP contribution in [0, 0.1) is 0 Å². The summed E-state index contributed by atoms with van der Waals surface area (Å²) >= 11 is 0. The van der Waals surface area contributed by atoms with Crippen LogP contribution in [0.1, 0.15) is 10.5 Å². The van der Waals surface area contributed by atoms with Crippen molar-refractivity contribution >= 4 is 27.4 Å². The van der Waals surface area contributed by atoms with Crippen LogP contribution < -0.4 is 16.2 Å². The summed E-state index contributed by atoms with van der Waals surface area (Å²) in [5.41, 5.74) is 5.86. The highest BCUT2D eigenvalue weighted by atomic mass is 32.2. The molecule has 20 heavy (non-hydrogen) atoms. The summed E-state index contributed by atoms with van der Waals surface area (Å²) in [6.07, 6.45) is 0. The van der Waals surface area contributed by atoms with E-state index < -0.39 is 15.9 Å². The minimum absolute atomic E-state index is 0.0391. The number of carbonyl (C=O) groups is 1. The molecule has 2 rings (SSSR count). The zero-order valence-electron chi connectivity index (χ0n) is 10.1. The molecule has 0 spiro atoms. The molecule has 0 aliphatic rings. The van der Waals surface area contributed by atoms with Crippen LogP contribution in [0.15, 0.2) is 41.3 Å². The Balaban J connectivity index is 2.14. The van der Waals surface area contributed by atoms with Gasteiger partial charge in [-0.3, -0.25) is 4.79 Å². The first-order valence-electron chi connectivity index (χ1n) is 5.40. The van der Waals surface area contributed by atoms with E-state index in [4.69, 9.17) is 10.9 Å². The molecule has 2 aromatic rings. The number of benzene rings is 1. The van der Waals surface area contributed by atoms with E-state index in [1.807, 2.05) is 0 Å². The third kappa shape index (κ3) is 3.28. The quantitative estimate of drug-likeness (QED) is 0.725. The van der Waals surface area contributed by atoms with Gasteiger partial charge in [0.1, 0.15) is 5.82 Å². The summed E-state index contributed by atoms with van der Waals surface area (Å²) in [5, 5.41) is 14.7. The first-order valence-corrected chi connectivity index (χ1v) is 6.94. The maximum atomic E-state index is 11.8. The fraction of sp³-hybridized carbons (Fsp3) is 0. The molecule has 0 unspecified atom stereocenters. The number of nitrogen functional groups attached to an aromatic ring is 1. The van der Waals surface area contributed by atoms with E-state index >= 15 is 0 Å². The van der Waals surface area contributed by atoms with E-state index in [9.17, 15) is 13.2 Å². The molecule has 0 aliphatic heterocycles. The molecular weight excluding hydrogens is 282 g/mol. The highest BCUT2D eigenvalue weighted by Gasteiger charge is 2.10. The lowest BCUT2D eigenvalue weighted by atomic mass is 10.3. The molecule has 0 aliphatic carbocycles. The van der Waals surface area contributed by atoms with Gasteiger partial charge in [0.05, 0.1) is 4.90 Å². The lowest BCUT2D eigenvalue weighted by Crippen LogP contribution is -2.15. The van der Waals surface area contributed by atoms with Crippen molar-refractivity contribution in [3.63, 3.8) is 0 Å². The molecule has 0 bridgehead atoms. The van der Waals surface area contributed by atoms with Gasteiger partial charge in [0, 0.05) is 5.69 Å². The second kappa shape index (κ2) is 5.23. The minimum atomic E-state index is -3.75. The smallest absolute Gasteiger partial charge is 0.276 e. The summed E-state index contributed by atoms with van der Waals surface area (Å²) in [7, 11) is -3.75. The van der Waals surface area contributed by atoms with E-state index in [0.717, 1.165) is 0 Å². The normalized spacial score (nSPS) is 11.1. The Bertz CT molecular complexity index is 726. The molecule has 5 N–H and O–H groups in total. The van der Waals surface area contributed by atoms with E-state index in [2.05, 4.69) is 15.5 Å². The van der Waals surface area contributed by atoms with Crippen molar-refractivity contribution in [1.82, 2.24) is 10.2 Å². The highest BCUT2D eigenvalue weighted by molar-refractivity contribution is 7.89. The Hall–Kier alpha value is -2.52. The van der Waals surface area contributed by atoms with Gasteiger partial charge in [-0.1, -0.05) is 0 Å². The van der Waals surface area contributed by atoms with Crippen LogP contribution in [0.5, 0.6) is 0 Å². The van der Waals surface area contributed by atoms with Crippen molar-refractivity contribution in [1.29, 1.82) is 0 Å². The van der Waals surface area contributed by atoms with Crippen LogP contribution in [-0.2, 0) is 10.0 Å². The first-order chi connectivity index (χ1) is 9.36. The Labute approximate surface area is 114 Å². The summed E-state index contributed by atoms with van der Waals surface area (Å²) in [5.74, 6) is -0.278. The van der Waals surface area contributed by atoms with Gasteiger partial charge >= 0.3 is 0 Å². The lowest BCUT2D eigenvalue weighted by Gasteiger charge is -2.05. The molecule has 0 atom stereocenters. The maximum Gasteiger partial charge on any atom is 0.276 e. The molecule has 8 nitrogen and oxygen atoms in total. The van der Waals surface area contributed by atoms with Gasteiger partial charge in [-0.25, -0.2) is 13.6 Å². The van der Waals surface area contributed by atoms with E-state index in [1.165, 1.54) is 36.4 Å². The average Bonchev–Trinajstić information content (AvgIpc) is 2.39. The van der Waals surface area contributed by atoms with Crippen LogP contribution >= 0.6 is 0 Å². The second-order valence-electron chi connectivity index (χ2n) is 3.87. The van der Waals surface area contributed by atoms with Gasteiger partial charge in [0.2, 0.25) is 10.0 Å². The number of nitrogens with zero attached hydrogens (tertiary/aromatic N) is 2. The number of amides is 1. The molecule has 9 heteroatoms. The van der Waals surface area contributed by atoms with Crippen LogP contribution in [0.3, 0.4) is 0 Å². The number of carbonyl (C=O) groups excluding carboxylic acids is 1. The standard InChI is InChI=1S/C11H11N5O3S/c12-10-6-5-9(15-16-10)11(17)14-7-1-3-8(4-2-7)20(13,18)19/h1-6H,(H2,12,16)(H,14,17)(H2,13,18,19). The predicted octanol–water partition coefficient (Wildman–Crippen LogP) is -0.0415. The van der Waals surface area contributed by atoms with Crippen molar-refractivity contribution in [2.75, 3.05) is 11.1 Å². The molecular formula is C11H11N5O3S. The lowest BCUT2D eigenvalue weighted by molar-refractivity contribution is 0.102. The SMILES string of the molecule is Nc1ccc(C(=O)Nc2ccc(S(N)(=O)=O)cc2)nn1. The molecule has 1 heterocycles. The Morgan fingerprint density at radius 3 is 2.20 bits per heavy atom. The number of primary sulfonamides is 1. The first kappa shape index (κ1) is 13.9. The molecule has 0 saturated heterocycles. The number of aromatic nitrogens is 2. The predicted molar refractivity (Wildman–Crippen MR) is 72.2 cm³/mol. The molecule has 1 aromatic carbocycles. The van der Waals surface area contributed by atoms with Gasteiger partial charge in [0.25, 0.3) is 5.91 Å². The summed E-state index contributed by atoms with van der Waals surface area (Å²) < 4.78 is 22.2. The molecule has 0 radical (unpaired) electrons. The molecule has 1 aromatic heterocycles. The third-order valence-corrected chi connectivity index (χ3v) is 3.29. The zero-order valence-corrected chi connectivity index (χ0v) is 11.0. The van der Waals surface area contributed by atoms with Crippen molar-refractivity contribution in [3.8, 4) is 0 Å². The Morgan fingerprint density at radius 1 is 1.05 bits per heavy atom. The van der Waals surface area contributed by atoms with Crippen LogP contribution in [0.25, 0.3) is 0 Å². The zero-order chi connectivity index (χ0) is 14.8. The van der Waals surface area contributed by atoms with Gasteiger partial charge in [0.15, 0.2) is 5.69 Å². The fourth-order valence-corrected chi connectivity index (χ4v) is 1.90. The number of nitrogens with two attached hydrogens (primary N) is 2. The number of sulfonamides is 1. The average molecular weight is 293 g/mol. The number of anilines is 2. The minimum Gasteiger partial charge on any atom is -0.382 e. The largest absolute Gasteiger partial charge is 0.382 e. The molecule has 0 fully saturated rings. The van der Waals surface area contributed by atoms with Gasteiger partial charge in [-0.15, -0.1) is 10.2 Å². The molecule has 0 saturated carbocycles. The number of hydrogen-bond acceptors (Lipinski definition) is 6. The van der Waals surface area contributed by atoms with Crippen LogP contribution in [0.2, 0.25) is 0 Å². The van der Waals surface area contributed by atoms with Gasteiger partial charge < -0.3 is 11.1 Å². The third-order valence-electron chi connectivity index (χ3n) is 2.36. The van der Waals surface area contributed by atoms with Crippen molar-refractivity contribution in [2.24, 2.45) is 5.14 Å². The fourth-order valence-electron chi connectivity index (χ4n) is 1.39. The molecule has 1 amide bonds. The second-order valence-corrected chi connectivity index (χ2v) is 5.43. The van der Waals surface area contributed by atoms with E-state index in [1.54, 1.807) is 0 Å². The monoisotopic (exact) mass is 293 g/mol. The van der Waals surface area contributed by atoms with Crippen LogP contribution in [0.4, 0.5) is 11.5 Å².